The summed E-state index contributed by atoms with van der Waals surface area (Å²) in [5.74, 6) is -0.522. The molecule has 1 fully saturated rings. The summed E-state index contributed by atoms with van der Waals surface area (Å²) in [6.45, 7) is 2.30. The Morgan fingerprint density at radius 3 is 2.49 bits per heavy atom. The highest BCUT2D eigenvalue weighted by molar-refractivity contribution is 7.86. The second-order valence-corrected chi connectivity index (χ2v) is 12.3. The van der Waals surface area contributed by atoms with E-state index in [2.05, 4.69) is 10.6 Å². The van der Waals surface area contributed by atoms with Crippen molar-refractivity contribution in [1.82, 2.24) is 5.32 Å². The summed E-state index contributed by atoms with van der Waals surface area (Å²) in [5, 5.41) is 5.28. The lowest BCUT2D eigenvalue weighted by atomic mass is 10.2. The Labute approximate surface area is 246 Å². The number of amides is 3. The van der Waals surface area contributed by atoms with Gasteiger partial charge in [0.05, 0.1) is 20.7 Å². The SMILES string of the molecule is Cc1ccc(S(=O)(=O)OCC(CCNC(=O)c2ccc(Cl)s2)OC(=O)Nc2ccc(N3CCOCC3=O)cc2)cc1. The number of aryl methyl sites for hydroxylation is 1. The first-order chi connectivity index (χ1) is 19.6. The molecule has 0 saturated carbocycles. The molecule has 0 bridgehead atoms. The van der Waals surface area contributed by atoms with Crippen LogP contribution in [0.25, 0.3) is 0 Å². The fraction of sp³-hybridized carbons (Fsp3) is 0.296. The minimum absolute atomic E-state index is 0.0109. The topological polar surface area (TPSA) is 140 Å². The first-order valence-electron chi connectivity index (χ1n) is 12.6. The number of carbonyl (C=O) groups is 3. The predicted octanol–water partition coefficient (Wildman–Crippen LogP) is 4.22. The van der Waals surface area contributed by atoms with Crippen molar-refractivity contribution in [3.8, 4) is 0 Å². The second kappa shape index (κ2) is 13.9. The van der Waals surface area contributed by atoms with Gasteiger partial charge in [0, 0.05) is 30.9 Å². The largest absolute Gasteiger partial charge is 0.443 e. The summed E-state index contributed by atoms with van der Waals surface area (Å²) < 4.78 is 41.6. The number of nitrogens with zero attached hydrogens (tertiary/aromatic N) is 1. The molecule has 218 valence electrons. The minimum atomic E-state index is -4.12. The van der Waals surface area contributed by atoms with E-state index in [0.29, 0.717) is 33.7 Å². The maximum atomic E-state index is 12.7. The predicted molar refractivity (Wildman–Crippen MR) is 154 cm³/mol. The van der Waals surface area contributed by atoms with Crippen LogP contribution in [0.3, 0.4) is 0 Å². The van der Waals surface area contributed by atoms with Crippen LogP contribution in [0.4, 0.5) is 16.2 Å². The summed E-state index contributed by atoms with van der Waals surface area (Å²) in [7, 11) is -4.12. The Morgan fingerprint density at radius 1 is 1.10 bits per heavy atom. The average molecular weight is 622 g/mol. The van der Waals surface area contributed by atoms with E-state index in [1.54, 1.807) is 53.4 Å². The molecule has 1 aliphatic rings. The number of carbonyl (C=O) groups excluding carboxylic acids is 3. The Balaban J connectivity index is 1.37. The third-order valence-electron chi connectivity index (χ3n) is 5.95. The van der Waals surface area contributed by atoms with Crippen LogP contribution >= 0.6 is 22.9 Å². The zero-order valence-corrected chi connectivity index (χ0v) is 24.4. The maximum Gasteiger partial charge on any atom is 0.411 e. The van der Waals surface area contributed by atoms with Crippen LogP contribution in [0.15, 0.2) is 65.6 Å². The van der Waals surface area contributed by atoms with Gasteiger partial charge >= 0.3 is 6.09 Å². The van der Waals surface area contributed by atoms with Gasteiger partial charge in [0.15, 0.2) is 0 Å². The Bertz CT molecular complexity index is 1480. The molecule has 1 saturated heterocycles. The maximum absolute atomic E-state index is 12.7. The van der Waals surface area contributed by atoms with Gasteiger partial charge in [-0.25, -0.2) is 4.79 Å². The molecule has 1 aliphatic heterocycles. The highest BCUT2D eigenvalue weighted by atomic mass is 35.5. The first-order valence-corrected chi connectivity index (χ1v) is 15.2. The minimum Gasteiger partial charge on any atom is -0.443 e. The number of morpholine rings is 1. The lowest BCUT2D eigenvalue weighted by molar-refractivity contribution is -0.125. The summed E-state index contributed by atoms with van der Waals surface area (Å²) in [5.41, 5.74) is 1.94. The molecule has 4 rings (SSSR count). The van der Waals surface area contributed by atoms with Crippen molar-refractivity contribution in [3.05, 3.63) is 75.4 Å². The number of hydrogen-bond donors (Lipinski definition) is 2. The molecule has 0 spiro atoms. The number of benzene rings is 2. The molecule has 1 aromatic heterocycles. The van der Waals surface area contributed by atoms with Crippen LogP contribution < -0.4 is 15.5 Å². The molecule has 3 aromatic rings. The van der Waals surface area contributed by atoms with E-state index in [4.69, 9.17) is 25.3 Å². The van der Waals surface area contributed by atoms with Crippen LogP contribution in [-0.2, 0) is 28.6 Å². The third kappa shape index (κ3) is 8.75. The van der Waals surface area contributed by atoms with E-state index < -0.39 is 28.9 Å². The number of anilines is 2. The van der Waals surface area contributed by atoms with Crippen molar-refractivity contribution in [2.75, 3.05) is 43.1 Å². The van der Waals surface area contributed by atoms with Crippen LogP contribution in [0.5, 0.6) is 0 Å². The highest BCUT2D eigenvalue weighted by Gasteiger charge is 2.23. The molecule has 2 heterocycles. The Hall–Kier alpha value is -3.49. The van der Waals surface area contributed by atoms with E-state index >= 15 is 0 Å². The molecule has 11 nitrogen and oxygen atoms in total. The fourth-order valence-corrected chi connectivity index (χ4v) is 5.70. The number of ether oxygens (including phenoxy) is 2. The van der Waals surface area contributed by atoms with Gasteiger partial charge in [-0.2, -0.15) is 8.42 Å². The molecule has 2 aromatic carbocycles. The zero-order chi connectivity index (χ0) is 29.4. The monoisotopic (exact) mass is 621 g/mol. The fourth-order valence-electron chi connectivity index (χ4n) is 3.80. The van der Waals surface area contributed by atoms with Gasteiger partial charge < -0.3 is 19.7 Å². The molecule has 1 unspecified atom stereocenters. The number of hydrogen-bond acceptors (Lipinski definition) is 9. The van der Waals surface area contributed by atoms with E-state index in [1.165, 1.54) is 12.1 Å². The summed E-state index contributed by atoms with van der Waals surface area (Å²) in [6, 6.07) is 15.9. The molecule has 14 heteroatoms. The van der Waals surface area contributed by atoms with E-state index in [9.17, 15) is 22.8 Å². The van der Waals surface area contributed by atoms with Gasteiger partial charge in [0.2, 0.25) is 0 Å². The number of thiophene rings is 1. The summed E-state index contributed by atoms with van der Waals surface area (Å²) in [6.07, 6.45) is -1.80. The molecule has 2 N–H and O–H groups in total. The molecule has 0 aliphatic carbocycles. The standard InChI is InChI=1S/C27H28ClN3O8S2/c1-18-2-8-22(9-3-18)41(35,36)38-16-21(12-13-29-26(33)23-10-11-24(28)40-23)39-27(34)30-19-4-6-20(7-5-19)31-14-15-37-17-25(31)32/h2-11,21H,12-17H2,1H3,(H,29,33)(H,30,34). The zero-order valence-electron chi connectivity index (χ0n) is 22.0. The van der Waals surface area contributed by atoms with Crippen molar-refractivity contribution in [2.24, 2.45) is 0 Å². The third-order valence-corrected chi connectivity index (χ3v) is 8.48. The van der Waals surface area contributed by atoms with Crippen molar-refractivity contribution < 1.29 is 36.5 Å². The van der Waals surface area contributed by atoms with Gasteiger partial charge in [-0.05, 0) is 55.5 Å². The molecular weight excluding hydrogens is 594 g/mol. The van der Waals surface area contributed by atoms with Crippen molar-refractivity contribution >= 4 is 62.3 Å². The van der Waals surface area contributed by atoms with Crippen LogP contribution in [-0.4, -0.2) is 65.3 Å². The van der Waals surface area contributed by atoms with E-state index in [0.717, 1.165) is 16.9 Å². The second-order valence-electron chi connectivity index (χ2n) is 9.00. The average Bonchev–Trinajstić information content (AvgIpc) is 3.39. The van der Waals surface area contributed by atoms with Gasteiger partial charge in [-0.1, -0.05) is 29.3 Å². The van der Waals surface area contributed by atoms with Crippen molar-refractivity contribution in [3.63, 3.8) is 0 Å². The lowest BCUT2D eigenvalue weighted by Gasteiger charge is -2.27. The Kier molecular flexibility index (Phi) is 10.3. The van der Waals surface area contributed by atoms with E-state index in [1.807, 2.05) is 6.92 Å². The number of rotatable bonds is 11. The molecule has 1 atom stereocenters. The smallest absolute Gasteiger partial charge is 0.411 e. The van der Waals surface area contributed by atoms with E-state index in [-0.39, 0.29) is 36.3 Å². The molecule has 0 radical (unpaired) electrons. The first kappa shape index (κ1) is 30.5. The van der Waals surface area contributed by atoms with Crippen LogP contribution in [0.1, 0.15) is 21.7 Å². The number of nitrogens with one attached hydrogen (secondary N) is 2. The lowest BCUT2D eigenvalue weighted by Crippen LogP contribution is -2.41. The summed E-state index contributed by atoms with van der Waals surface area (Å²) >= 11 is 7.00. The summed E-state index contributed by atoms with van der Waals surface area (Å²) in [4.78, 5) is 39.1. The molecule has 41 heavy (non-hydrogen) atoms. The highest BCUT2D eigenvalue weighted by Crippen LogP contribution is 2.22. The van der Waals surface area contributed by atoms with Gasteiger partial charge in [-0.3, -0.25) is 19.1 Å². The van der Waals surface area contributed by atoms with Crippen molar-refractivity contribution in [1.29, 1.82) is 0 Å². The van der Waals surface area contributed by atoms with Crippen molar-refractivity contribution in [2.45, 2.75) is 24.3 Å². The molecule has 3 amide bonds. The van der Waals surface area contributed by atoms with Crippen LogP contribution in [0.2, 0.25) is 4.34 Å². The normalized spacial score (nSPS) is 14.4. The van der Waals surface area contributed by atoms with Gasteiger partial charge in [0.25, 0.3) is 21.9 Å². The quantitative estimate of drug-likeness (QED) is 0.303. The van der Waals surface area contributed by atoms with Gasteiger partial charge in [0.1, 0.15) is 19.3 Å². The number of halogens is 1. The van der Waals surface area contributed by atoms with Gasteiger partial charge in [-0.15, -0.1) is 11.3 Å². The molecular formula is C27H28ClN3O8S2. The van der Waals surface area contributed by atoms with Crippen LogP contribution in [0, 0.1) is 6.92 Å². The Morgan fingerprint density at radius 2 is 1.83 bits per heavy atom.